The van der Waals surface area contributed by atoms with E-state index in [0.29, 0.717) is 5.92 Å². The van der Waals surface area contributed by atoms with E-state index in [-0.39, 0.29) is 0 Å². The van der Waals surface area contributed by atoms with E-state index in [2.05, 4.69) is 49.7 Å². The summed E-state index contributed by atoms with van der Waals surface area (Å²) in [5.74, 6) is 4.14. The predicted octanol–water partition coefficient (Wildman–Crippen LogP) is 5.87. The number of hydrogen-bond donors (Lipinski definition) is 2. The van der Waals surface area contributed by atoms with Crippen LogP contribution in [0.3, 0.4) is 0 Å². The molecule has 0 radical (unpaired) electrons. The van der Waals surface area contributed by atoms with Gasteiger partial charge in [-0.3, -0.25) is 0 Å². The first-order chi connectivity index (χ1) is 16.5. The van der Waals surface area contributed by atoms with Crippen molar-refractivity contribution in [3.05, 3.63) is 52.5 Å². The number of ether oxygens (including phenoxy) is 1. The van der Waals surface area contributed by atoms with Gasteiger partial charge < -0.3 is 20.3 Å². The largest absolute Gasteiger partial charge is 0.496 e. The number of para-hydroxylation sites is 1. The Balaban J connectivity index is 1.20. The van der Waals surface area contributed by atoms with Crippen LogP contribution in [0.2, 0.25) is 0 Å². The summed E-state index contributed by atoms with van der Waals surface area (Å²) in [6.45, 7) is 2.82. The molecule has 1 aromatic heterocycles. The van der Waals surface area contributed by atoms with E-state index in [1.54, 1.807) is 7.11 Å². The van der Waals surface area contributed by atoms with Crippen LogP contribution in [-0.4, -0.2) is 44.3 Å². The van der Waals surface area contributed by atoms with Gasteiger partial charge in [0.25, 0.3) is 0 Å². The molecule has 34 heavy (non-hydrogen) atoms. The number of rotatable bonds is 10. The van der Waals surface area contributed by atoms with Gasteiger partial charge in [0.2, 0.25) is 5.95 Å². The van der Waals surface area contributed by atoms with Gasteiger partial charge in [0.1, 0.15) is 11.6 Å². The fraction of sp³-hybridized carbons (Fsp3) is 0.481. The number of hydrogen-bond acceptors (Lipinski definition) is 6. The van der Waals surface area contributed by atoms with E-state index < -0.39 is 0 Å². The van der Waals surface area contributed by atoms with Crippen molar-refractivity contribution in [2.45, 2.75) is 38.6 Å². The van der Waals surface area contributed by atoms with E-state index in [1.807, 2.05) is 38.4 Å². The summed E-state index contributed by atoms with van der Waals surface area (Å²) in [4.78, 5) is 11.6. The van der Waals surface area contributed by atoms with Gasteiger partial charge in [-0.25, -0.2) is 4.98 Å². The number of benzene rings is 2. The Morgan fingerprint density at radius 2 is 1.79 bits per heavy atom. The van der Waals surface area contributed by atoms with Crippen molar-refractivity contribution in [3.8, 4) is 5.75 Å². The van der Waals surface area contributed by atoms with Gasteiger partial charge in [-0.05, 0) is 68.0 Å². The summed E-state index contributed by atoms with van der Waals surface area (Å²) in [7, 11) is 5.79. The maximum atomic E-state index is 5.48. The smallest absolute Gasteiger partial charge is 0.225 e. The van der Waals surface area contributed by atoms with Crippen LogP contribution in [0.25, 0.3) is 10.9 Å². The zero-order chi connectivity index (χ0) is 23.9. The van der Waals surface area contributed by atoms with E-state index in [0.717, 1.165) is 58.4 Å². The quantitative estimate of drug-likeness (QED) is 0.323. The fourth-order valence-electron chi connectivity index (χ4n) is 4.85. The van der Waals surface area contributed by atoms with E-state index in [1.165, 1.54) is 37.7 Å². The van der Waals surface area contributed by atoms with Crippen molar-refractivity contribution in [3.63, 3.8) is 0 Å². The molecule has 0 bridgehead atoms. The average Bonchev–Trinajstić information content (AvgIpc) is 2.85. The lowest BCUT2D eigenvalue weighted by Gasteiger charge is -2.29. The zero-order valence-electron chi connectivity index (χ0n) is 20.5. The third kappa shape index (κ3) is 6.39. The minimum absolute atomic E-state index is 0.688. The van der Waals surface area contributed by atoms with Crippen molar-refractivity contribution in [2.24, 2.45) is 11.8 Å². The summed E-state index contributed by atoms with van der Waals surface area (Å²) in [6, 6.07) is 14.4. The molecule has 0 atom stereocenters. The Morgan fingerprint density at radius 3 is 2.56 bits per heavy atom. The third-order valence-electron chi connectivity index (χ3n) is 6.81. The Morgan fingerprint density at radius 1 is 1.03 bits per heavy atom. The van der Waals surface area contributed by atoms with Crippen LogP contribution in [0.4, 0.5) is 11.8 Å². The number of fused-ring (bicyclic) bond motifs is 1. The lowest BCUT2D eigenvalue weighted by Crippen LogP contribution is -2.24. The summed E-state index contributed by atoms with van der Waals surface area (Å²) in [5.41, 5.74) is 2.18. The molecule has 1 aliphatic rings. The highest BCUT2D eigenvalue weighted by atomic mass is 79.9. The summed E-state index contributed by atoms with van der Waals surface area (Å²) >= 11 is 3.55. The van der Waals surface area contributed by atoms with Crippen molar-refractivity contribution < 1.29 is 4.74 Å². The molecule has 0 unspecified atom stereocenters. The number of nitrogens with one attached hydrogen (secondary N) is 2. The van der Waals surface area contributed by atoms with Gasteiger partial charge in [-0.15, -0.1) is 0 Å². The van der Waals surface area contributed by atoms with Crippen LogP contribution in [-0.2, 0) is 6.54 Å². The van der Waals surface area contributed by atoms with Crippen molar-refractivity contribution >= 4 is 38.6 Å². The molecule has 6 nitrogen and oxygen atoms in total. The molecule has 3 aromatic rings. The molecule has 2 N–H and O–H groups in total. The van der Waals surface area contributed by atoms with Crippen molar-refractivity contribution in [1.29, 1.82) is 0 Å². The molecular formula is C27H36BrN5O. The zero-order valence-corrected chi connectivity index (χ0v) is 22.1. The van der Waals surface area contributed by atoms with E-state index >= 15 is 0 Å². The third-order valence-corrected chi connectivity index (χ3v) is 7.30. The summed E-state index contributed by atoms with van der Waals surface area (Å²) < 4.78 is 6.56. The molecule has 0 aliphatic heterocycles. The number of nitrogens with zero attached hydrogens (tertiary/aromatic N) is 3. The predicted molar refractivity (Wildman–Crippen MR) is 145 cm³/mol. The van der Waals surface area contributed by atoms with Gasteiger partial charge in [-0.2, -0.15) is 4.98 Å². The first-order valence-electron chi connectivity index (χ1n) is 12.2. The summed E-state index contributed by atoms with van der Waals surface area (Å²) in [5, 5.41) is 8.22. The standard InChI is InChI=1S/C27H36BrN5O/c1-33(2)26-23-6-4-5-7-24(23)31-27(32-26)30-17-20-10-8-19(9-11-20)14-15-29-18-21-16-22(28)12-13-25(21)34-3/h4-7,12-13,16,19-20,29H,8-11,14-15,17-18H2,1-3H3,(H,30,31,32). The van der Waals surface area contributed by atoms with Gasteiger partial charge in [0, 0.05) is 42.6 Å². The molecule has 0 saturated heterocycles. The molecule has 2 aromatic carbocycles. The average molecular weight is 527 g/mol. The number of aromatic nitrogens is 2. The molecule has 7 heteroatoms. The van der Waals surface area contributed by atoms with E-state index in [4.69, 9.17) is 14.7 Å². The lowest BCUT2D eigenvalue weighted by atomic mass is 9.80. The SMILES string of the molecule is COc1ccc(Br)cc1CNCCC1CCC(CNc2nc(N(C)C)c3ccccc3n2)CC1. The first-order valence-corrected chi connectivity index (χ1v) is 13.0. The van der Waals surface area contributed by atoms with Gasteiger partial charge in [0.05, 0.1) is 12.6 Å². The highest BCUT2D eigenvalue weighted by Gasteiger charge is 2.21. The second-order valence-electron chi connectivity index (χ2n) is 9.47. The minimum atomic E-state index is 0.688. The number of anilines is 2. The number of halogens is 1. The van der Waals surface area contributed by atoms with E-state index in [9.17, 15) is 0 Å². The van der Waals surface area contributed by atoms with Gasteiger partial charge in [-0.1, -0.05) is 40.9 Å². The molecule has 1 saturated carbocycles. The molecule has 0 amide bonds. The Labute approximate surface area is 211 Å². The molecular weight excluding hydrogens is 490 g/mol. The van der Waals surface area contributed by atoms with Crippen LogP contribution in [0.15, 0.2) is 46.9 Å². The molecule has 0 spiro atoms. The molecule has 1 heterocycles. The van der Waals surface area contributed by atoms with Crippen molar-refractivity contribution in [2.75, 3.05) is 44.5 Å². The van der Waals surface area contributed by atoms with Gasteiger partial charge >= 0.3 is 0 Å². The molecule has 1 aliphatic carbocycles. The molecule has 4 rings (SSSR count). The normalized spacial score (nSPS) is 18.1. The van der Waals surface area contributed by atoms with Crippen LogP contribution in [0.5, 0.6) is 5.75 Å². The maximum absolute atomic E-state index is 5.48. The van der Waals surface area contributed by atoms with Crippen LogP contribution in [0.1, 0.15) is 37.7 Å². The van der Waals surface area contributed by atoms with Crippen LogP contribution >= 0.6 is 15.9 Å². The molecule has 182 valence electrons. The fourth-order valence-corrected chi connectivity index (χ4v) is 5.26. The Kier molecular flexibility index (Phi) is 8.62. The van der Waals surface area contributed by atoms with Crippen LogP contribution < -0.4 is 20.3 Å². The second kappa shape index (κ2) is 11.8. The molecule has 1 fully saturated rings. The summed E-state index contributed by atoms with van der Waals surface area (Å²) in [6.07, 6.45) is 6.37. The first kappa shape index (κ1) is 24.7. The highest BCUT2D eigenvalue weighted by Crippen LogP contribution is 2.31. The monoisotopic (exact) mass is 525 g/mol. The lowest BCUT2D eigenvalue weighted by molar-refractivity contribution is 0.269. The van der Waals surface area contributed by atoms with Crippen molar-refractivity contribution in [1.82, 2.24) is 15.3 Å². The van der Waals surface area contributed by atoms with Gasteiger partial charge in [0.15, 0.2) is 0 Å². The maximum Gasteiger partial charge on any atom is 0.225 e. The Bertz CT molecular complexity index is 1080. The topological polar surface area (TPSA) is 62.3 Å². The van der Waals surface area contributed by atoms with Crippen LogP contribution in [0, 0.1) is 11.8 Å². The number of methoxy groups -OCH3 is 1. The highest BCUT2D eigenvalue weighted by molar-refractivity contribution is 9.10. The second-order valence-corrected chi connectivity index (χ2v) is 10.4. The minimum Gasteiger partial charge on any atom is -0.496 e. The Hall–Kier alpha value is -2.38.